The van der Waals surface area contributed by atoms with Crippen LogP contribution in [0.25, 0.3) is 0 Å². The molecule has 0 unspecified atom stereocenters. The Bertz CT molecular complexity index is 799. The summed E-state index contributed by atoms with van der Waals surface area (Å²) < 4.78 is 5.12. The molecule has 24 heavy (non-hydrogen) atoms. The highest BCUT2D eigenvalue weighted by Crippen LogP contribution is 2.26. The van der Waals surface area contributed by atoms with Crippen LogP contribution in [-0.4, -0.2) is 40.8 Å². The number of amides is 3. The number of hydrogen-bond donors (Lipinski definition) is 1. The average Bonchev–Trinajstić information content (AvgIpc) is 2.86. The lowest BCUT2D eigenvalue weighted by Crippen LogP contribution is -2.45. The van der Waals surface area contributed by atoms with Crippen LogP contribution in [0.2, 0.25) is 0 Å². The number of carbonyl (C=O) groups is 3. The molecule has 0 saturated carbocycles. The van der Waals surface area contributed by atoms with Gasteiger partial charge in [-0.1, -0.05) is 12.1 Å². The minimum Gasteiger partial charge on any atom is -0.493 e. The zero-order valence-corrected chi connectivity index (χ0v) is 13.1. The van der Waals surface area contributed by atoms with E-state index in [1.165, 1.54) is 20.2 Å². The molecular formula is C17H15N3O4. The lowest BCUT2D eigenvalue weighted by atomic mass is 10.1. The van der Waals surface area contributed by atoms with Crippen LogP contribution >= 0.6 is 0 Å². The first-order valence-electron chi connectivity index (χ1n) is 7.31. The minimum absolute atomic E-state index is 0.230. The maximum Gasteiger partial charge on any atom is 0.262 e. The Morgan fingerprint density at radius 2 is 1.75 bits per heavy atom. The van der Waals surface area contributed by atoms with Gasteiger partial charge in [-0.2, -0.15) is 0 Å². The molecule has 1 N–H and O–H groups in total. The number of ether oxygens (including phenoxy) is 1. The maximum absolute atomic E-state index is 12.5. The Hall–Kier alpha value is -3.22. The summed E-state index contributed by atoms with van der Waals surface area (Å²) in [5, 5.41) is 2.58. The number of pyridine rings is 1. The molecule has 1 aromatic carbocycles. The molecule has 1 aliphatic rings. The van der Waals surface area contributed by atoms with E-state index >= 15 is 0 Å². The number of nitrogens with zero attached hydrogens (tertiary/aromatic N) is 2. The maximum atomic E-state index is 12.5. The first kappa shape index (κ1) is 15.7. The van der Waals surface area contributed by atoms with Crippen molar-refractivity contribution in [1.82, 2.24) is 9.88 Å². The third-order valence-electron chi connectivity index (χ3n) is 3.82. The van der Waals surface area contributed by atoms with E-state index in [2.05, 4.69) is 10.3 Å². The Kier molecular flexibility index (Phi) is 3.99. The molecule has 2 aromatic rings. The second-order valence-electron chi connectivity index (χ2n) is 5.25. The van der Waals surface area contributed by atoms with Crippen molar-refractivity contribution < 1.29 is 19.1 Å². The van der Waals surface area contributed by atoms with E-state index in [9.17, 15) is 14.4 Å². The Morgan fingerprint density at radius 1 is 1.12 bits per heavy atom. The number of benzene rings is 1. The fourth-order valence-corrected chi connectivity index (χ4v) is 2.55. The zero-order valence-electron chi connectivity index (χ0n) is 13.1. The molecular weight excluding hydrogens is 310 g/mol. The third-order valence-corrected chi connectivity index (χ3v) is 3.82. The summed E-state index contributed by atoms with van der Waals surface area (Å²) >= 11 is 0. The van der Waals surface area contributed by atoms with Crippen molar-refractivity contribution in [2.75, 3.05) is 12.4 Å². The van der Waals surface area contributed by atoms with Gasteiger partial charge in [-0.25, -0.2) is 4.98 Å². The van der Waals surface area contributed by atoms with Crippen molar-refractivity contribution in [1.29, 1.82) is 0 Å². The van der Waals surface area contributed by atoms with Gasteiger partial charge in [-0.05, 0) is 31.2 Å². The minimum atomic E-state index is -0.982. The molecule has 2 heterocycles. The van der Waals surface area contributed by atoms with E-state index in [1.807, 2.05) is 0 Å². The fraction of sp³-hybridized carbons (Fsp3) is 0.176. The molecule has 0 radical (unpaired) electrons. The molecule has 1 aliphatic heterocycles. The van der Waals surface area contributed by atoms with E-state index in [0.29, 0.717) is 16.9 Å². The smallest absolute Gasteiger partial charge is 0.262 e. The number of methoxy groups -OCH3 is 1. The molecule has 122 valence electrons. The predicted octanol–water partition coefficient (Wildman–Crippen LogP) is 1.71. The number of aromatic nitrogens is 1. The van der Waals surface area contributed by atoms with Crippen LogP contribution in [0.3, 0.4) is 0 Å². The Labute approximate surface area is 138 Å². The highest BCUT2D eigenvalue weighted by Gasteiger charge is 2.40. The highest BCUT2D eigenvalue weighted by atomic mass is 16.5. The average molecular weight is 325 g/mol. The summed E-state index contributed by atoms with van der Waals surface area (Å²) in [4.78, 5) is 42.3. The van der Waals surface area contributed by atoms with E-state index in [1.54, 1.807) is 36.4 Å². The number of rotatable bonds is 4. The molecule has 7 nitrogen and oxygen atoms in total. The van der Waals surface area contributed by atoms with Crippen molar-refractivity contribution >= 4 is 23.5 Å². The number of carbonyl (C=O) groups excluding carboxylic acids is 3. The Balaban J connectivity index is 1.82. The summed E-state index contributed by atoms with van der Waals surface area (Å²) in [6, 6.07) is 8.83. The van der Waals surface area contributed by atoms with Crippen molar-refractivity contribution in [2.45, 2.75) is 13.0 Å². The lowest BCUT2D eigenvalue weighted by Gasteiger charge is -2.21. The molecule has 1 aromatic heterocycles. The van der Waals surface area contributed by atoms with Crippen LogP contribution in [-0.2, 0) is 4.79 Å². The molecule has 0 saturated heterocycles. The van der Waals surface area contributed by atoms with Crippen LogP contribution in [0.4, 0.5) is 5.82 Å². The van der Waals surface area contributed by atoms with Crippen molar-refractivity contribution in [3.63, 3.8) is 0 Å². The third kappa shape index (κ3) is 2.50. The Morgan fingerprint density at radius 3 is 2.33 bits per heavy atom. The van der Waals surface area contributed by atoms with Gasteiger partial charge in [0.25, 0.3) is 11.8 Å². The summed E-state index contributed by atoms with van der Waals surface area (Å²) in [6.07, 6.45) is 1.50. The van der Waals surface area contributed by atoms with Crippen LogP contribution in [0.15, 0.2) is 42.6 Å². The fourth-order valence-electron chi connectivity index (χ4n) is 2.55. The van der Waals surface area contributed by atoms with Gasteiger partial charge in [0.2, 0.25) is 5.91 Å². The summed E-state index contributed by atoms with van der Waals surface area (Å²) in [5.74, 6) is -0.868. The normalized spacial score (nSPS) is 14.3. The van der Waals surface area contributed by atoms with E-state index in [-0.39, 0.29) is 5.82 Å². The van der Waals surface area contributed by atoms with Gasteiger partial charge in [0, 0.05) is 6.20 Å². The van der Waals surface area contributed by atoms with E-state index in [4.69, 9.17) is 4.74 Å². The quantitative estimate of drug-likeness (QED) is 0.865. The van der Waals surface area contributed by atoms with Crippen LogP contribution in [0, 0.1) is 0 Å². The van der Waals surface area contributed by atoms with E-state index in [0.717, 1.165) is 4.90 Å². The molecule has 3 rings (SSSR count). The number of imide groups is 1. The zero-order chi connectivity index (χ0) is 17.3. The number of hydrogen-bond acceptors (Lipinski definition) is 5. The molecule has 1 atom stereocenters. The molecule has 0 spiro atoms. The second-order valence-corrected chi connectivity index (χ2v) is 5.25. The van der Waals surface area contributed by atoms with E-state index < -0.39 is 23.8 Å². The van der Waals surface area contributed by atoms with Crippen LogP contribution in [0.1, 0.15) is 27.6 Å². The van der Waals surface area contributed by atoms with Gasteiger partial charge in [0.05, 0.1) is 18.2 Å². The van der Waals surface area contributed by atoms with Crippen molar-refractivity contribution in [3.05, 3.63) is 53.7 Å². The molecule has 7 heteroatoms. The van der Waals surface area contributed by atoms with Gasteiger partial charge < -0.3 is 10.1 Å². The second kappa shape index (κ2) is 6.11. The monoisotopic (exact) mass is 325 g/mol. The van der Waals surface area contributed by atoms with Crippen molar-refractivity contribution in [3.8, 4) is 5.75 Å². The SMILES string of the molecule is COc1cccnc1NC(=O)[C@H](C)N1C(=O)c2ccccc2C1=O. The summed E-state index contributed by atoms with van der Waals surface area (Å²) in [6.45, 7) is 1.49. The lowest BCUT2D eigenvalue weighted by molar-refractivity contribution is -0.119. The number of nitrogens with one attached hydrogen (secondary N) is 1. The first-order valence-corrected chi connectivity index (χ1v) is 7.31. The van der Waals surface area contributed by atoms with Gasteiger partial charge >= 0.3 is 0 Å². The van der Waals surface area contributed by atoms with Gasteiger partial charge in [0.1, 0.15) is 6.04 Å². The number of fused-ring (bicyclic) bond motifs is 1. The van der Waals surface area contributed by atoms with Crippen molar-refractivity contribution in [2.24, 2.45) is 0 Å². The van der Waals surface area contributed by atoms with Gasteiger partial charge in [0.15, 0.2) is 11.6 Å². The topological polar surface area (TPSA) is 88.6 Å². The number of anilines is 1. The molecule has 0 fully saturated rings. The standard InChI is InChI=1S/C17H15N3O4/c1-10(15(21)19-14-13(24-2)8-5-9-18-14)20-16(22)11-6-3-4-7-12(11)17(20)23/h3-10H,1-2H3,(H,18,19,21)/t10-/m0/s1. The first-order chi connectivity index (χ1) is 11.5. The predicted molar refractivity (Wildman–Crippen MR) is 85.8 cm³/mol. The largest absolute Gasteiger partial charge is 0.493 e. The summed E-state index contributed by atoms with van der Waals surface area (Å²) in [5.41, 5.74) is 0.607. The molecule has 3 amide bonds. The van der Waals surface area contributed by atoms with Gasteiger partial charge in [-0.15, -0.1) is 0 Å². The molecule has 0 bridgehead atoms. The molecule has 0 aliphatic carbocycles. The highest BCUT2D eigenvalue weighted by molar-refractivity contribution is 6.23. The van der Waals surface area contributed by atoms with Gasteiger partial charge in [-0.3, -0.25) is 19.3 Å². The van der Waals surface area contributed by atoms with Crippen LogP contribution < -0.4 is 10.1 Å². The van der Waals surface area contributed by atoms with Crippen LogP contribution in [0.5, 0.6) is 5.75 Å². The summed E-state index contributed by atoms with van der Waals surface area (Å²) in [7, 11) is 1.46.